The van der Waals surface area contributed by atoms with Gasteiger partial charge in [-0.05, 0) is 49.3 Å². The highest BCUT2D eigenvalue weighted by atomic mass is 35.5. The van der Waals surface area contributed by atoms with E-state index in [1.807, 2.05) is 19.2 Å². The number of pyridine rings is 1. The number of likely N-dealkylation sites (tertiary alicyclic amines) is 1. The first-order chi connectivity index (χ1) is 12.1. The predicted molar refractivity (Wildman–Crippen MR) is 103 cm³/mol. The van der Waals surface area contributed by atoms with Gasteiger partial charge in [0.05, 0.1) is 0 Å². The summed E-state index contributed by atoms with van der Waals surface area (Å²) in [5.74, 6) is 1.26. The summed E-state index contributed by atoms with van der Waals surface area (Å²) in [6, 6.07) is 4.62. The van der Waals surface area contributed by atoms with Crippen LogP contribution in [0.3, 0.4) is 0 Å². The Kier molecular flexibility index (Phi) is 5.61. The third-order valence-corrected chi connectivity index (χ3v) is 7.07. The smallest absolute Gasteiger partial charge is 0.267 e. The van der Waals surface area contributed by atoms with Crippen molar-refractivity contribution in [3.8, 4) is 0 Å². The predicted octanol–water partition coefficient (Wildman–Crippen LogP) is 2.97. The third-order valence-electron chi connectivity index (χ3n) is 7.07. The van der Waals surface area contributed by atoms with Crippen molar-refractivity contribution in [1.82, 2.24) is 9.88 Å². The lowest BCUT2D eigenvalue weighted by atomic mass is 9.61. The minimum atomic E-state index is -0.473. The first-order valence-electron chi connectivity index (χ1n) is 9.61. The van der Waals surface area contributed by atoms with Crippen molar-refractivity contribution in [3.05, 3.63) is 29.6 Å². The maximum absolute atomic E-state index is 11.6. The molecule has 1 amide bonds. The van der Waals surface area contributed by atoms with Gasteiger partial charge in [0.1, 0.15) is 11.3 Å². The average molecular weight is 380 g/mol. The van der Waals surface area contributed by atoms with Crippen molar-refractivity contribution < 1.29 is 9.53 Å². The Labute approximate surface area is 162 Å². The minimum Gasteiger partial charge on any atom is -0.373 e. The molecule has 2 N–H and O–H groups in total. The maximum Gasteiger partial charge on any atom is 0.267 e. The second kappa shape index (κ2) is 7.45. The monoisotopic (exact) mass is 379 g/mol. The van der Waals surface area contributed by atoms with Crippen molar-refractivity contribution in [3.63, 3.8) is 0 Å². The fraction of sp³-hybridized carbons (Fsp3) is 0.700. The topological polar surface area (TPSA) is 68.5 Å². The number of ether oxygens (including phenoxy) is 1. The van der Waals surface area contributed by atoms with E-state index in [1.165, 1.54) is 32.1 Å². The molecule has 0 spiro atoms. The molecule has 3 aliphatic rings. The molecule has 6 heteroatoms. The number of nitrogens with zero attached hydrogens (tertiary/aromatic N) is 2. The number of amides is 1. The summed E-state index contributed by atoms with van der Waals surface area (Å²) in [6.07, 6.45) is 8.01. The van der Waals surface area contributed by atoms with E-state index in [0.29, 0.717) is 17.5 Å². The number of fused-ring (bicyclic) bond motifs is 2. The van der Waals surface area contributed by atoms with Gasteiger partial charge in [-0.15, -0.1) is 12.4 Å². The Morgan fingerprint density at radius 1 is 1.27 bits per heavy atom. The molecule has 2 heterocycles. The van der Waals surface area contributed by atoms with Crippen molar-refractivity contribution in [1.29, 1.82) is 0 Å². The molecule has 0 aromatic carbocycles. The normalized spacial score (nSPS) is 36.7. The van der Waals surface area contributed by atoms with Gasteiger partial charge in [-0.1, -0.05) is 13.3 Å². The van der Waals surface area contributed by atoms with E-state index in [2.05, 4.69) is 16.8 Å². The SMILES string of the molecule is COC1(c2ccnc(C(N)=O)c2)[C@@H]2CCC[C@H]1CN([C@@H]1CC[C@H]1C)C2.Cl. The van der Waals surface area contributed by atoms with Gasteiger partial charge in [-0.3, -0.25) is 14.7 Å². The number of nitrogens with two attached hydrogens (primary N) is 1. The number of carbonyl (C=O) groups is 1. The summed E-state index contributed by atoms with van der Waals surface area (Å²) in [5.41, 5.74) is 6.57. The van der Waals surface area contributed by atoms with E-state index in [9.17, 15) is 4.79 Å². The molecule has 3 fully saturated rings. The fourth-order valence-corrected chi connectivity index (χ4v) is 5.66. The Balaban J connectivity index is 0.00000196. The summed E-state index contributed by atoms with van der Waals surface area (Å²) in [7, 11) is 1.83. The summed E-state index contributed by atoms with van der Waals surface area (Å²) in [6.45, 7) is 4.56. The van der Waals surface area contributed by atoms with Gasteiger partial charge in [0.2, 0.25) is 0 Å². The van der Waals surface area contributed by atoms with Crippen LogP contribution >= 0.6 is 12.4 Å². The van der Waals surface area contributed by atoms with Crippen LogP contribution in [0.4, 0.5) is 0 Å². The molecule has 2 aliphatic carbocycles. The molecule has 0 radical (unpaired) electrons. The zero-order valence-corrected chi connectivity index (χ0v) is 16.5. The van der Waals surface area contributed by atoms with Crippen LogP contribution in [-0.4, -0.2) is 42.0 Å². The number of rotatable bonds is 4. The van der Waals surface area contributed by atoms with Crippen LogP contribution in [0.25, 0.3) is 0 Å². The van der Waals surface area contributed by atoms with Crippen molar-refractivity contribution in [2.24, 2.45) is 23.5 Å². The summed E-state index contributed by atoms with van der Waals surface area (Å²) >= 11 is 0. The molecule has 1 aromatic rings. The largest absolute Gasteiger partial charge is 0.373 e. The highest BCUT2D eigenvalue weighted by Gasteiger charge is 2.54. The minimum absolute atomic E-state index is 0. The second-order valence-electron chi connectivity index (χ2n) is 8.19. The molecular weight excluding hydrogens is 350 g/mol. The molecule has 2 saturated carbocycles. The molecule has 144 valence electrons. The number of piperidine rings is 1. The Morgan fingerprint density at radius 3 is 2.46 bits per heavy atom. The Bertz CT molecular complexity index is 654. The van der Waals surface area contributed by atoms with E-state index in [4.69, 9.17) is 10.5 Å². The second-order valence-corrected chi connectivity index (χ2v) is 8.19. The van der Waals surface area contributed by atoms with Crippen LogP contribution in [0.2, 0.25) is 0 Å². The van der Waals surface area contributed by atoms with Crippen LogP contribution in [0.1, 0.15) is 55.1 Å². The van der Waals surface area contributed by atoms with E-state index in [-0.39, 0.29) is 18.0 Å². The molecule has 1 aliphatic heterocycles. The van der Waals surface area contributed by atoms with Crippen LogP contribution < -0.4 is 5.73 Å². The molecule has 5 atom stereocenters. The van der Waals surface area contributed by atoms with E-state index >= 15 is 0 Å². The summed E-state index contributed by atoms with van der Waals surface area (Å²) in [5, 5.41) is 0. The van der Waals surface area contributed by atoms with Crippen molar-refractivity contribution in [2.75, 3.05) is 20.2 Å². The Hall–Kier alpha value is -1.17. The molecule has 4 rings (SSSR count). The molecule has 26 heavy (non-hydrogen) atoms. The third kappa shape index (κ3) is 2.94. The lowest BCUT2D eigenvalue weighted by Gasteiger charge is -2.58. The van der Waals surface area contributed by atoms with Gasteiger partial charge in [0.15, 0.2) is 0 Å². The number of primary amides is 1. The number of hydrogen-bond acceptors (Lipinski definition) is 4. The van der Waals surface area contributed by atoms with Gasteiger partial charge < -0.3 is 10.5 Å². The summed E-state index contributed by atoms with van der Waals surface area (Å²) in [4.78, 5) is 18.5. The van der Waals surface area contributed by atoms with Crippen LogP contribution in [0.5, 0.6) is 0 Å². The molecule has 1 saturated heterocycles. The number of carbonyl (C=O) groups excluding carboxylic acids is 1. The molecule has 2 bridgehead atoms. The molecule has 5 nitrogen and oxygen atoms in total. The fourth-order valence-electron chi connectivity index (χ4n) is 5.66. The number of hydrogen-bond donors (Lipinski definition) is 1. The van der Waals surface area contributed by atoms with Gasteiger partial charge in [-0.2, -0.15) is 0 Å². The number of halogens is 1. The number of methoxy groups -OCH3 is 1. The van der Waals surface area contributed by atoms with Gasteiger partial charge in [0, 0.05) is 44.3 Å². The molecule has 1 aromatic heterocycles. The lowest BCUT2D eigenvalue weighted by Crippen LogP contribution is -2.62. The summed E-state index contributed by atoms with van der Waals surface area (Å²) < 4.78 is 6.27. The molecular formula is C20H30ClN3O2. The van der Waals surface area contributed by atoms with Gasteiger partial charge in [0.25, 0.3) is 5.91 Å². The van der Waals surface area contributed by atoms with Crippen molar-refractivity contribution >= 4 is 18.3 Å². The van der Waals surface area contributed by atoms with Crippen LogP contribution in [-0.2, 0) is 10.3 Å². The van der Waals surface area contributed by atoms with E-state index in [1.54, 1.807) is 6.20 Å². The van der Waals surface area contributed by atoms with Crippen LogP contribution in [0, 0.1) is 17.8 Å². The lowest BCUT2D eigenvalue weighted by molar-refractivity contribution is -0.181. The molecule has 1 unspecified atom stereocenters. The maximum atomic E-state index is 11.6. The zero-order chi connectivity index (χ0) is 17.6. The van der Waals surface area contributed by atoms with Crippen LogP contribution in [0.15, 0.2) is 18.3 Å². The average Bonchev–Trinajstić information content (AvgIpc) is 2.59. The Morgan fingerprint density at radius 2 is 1.96 bits per heavy atom. The van der Waals surface area contributed by atoms with Gasteiger partial charge >= 0.3 is 0 Å². The van der Waals surface area contributed by atoms with E-state index < -0.39 is 5.91 Å². The number of aromatic nitrogens is 1. The zero-order valence-electron chi connectivity index (χ0n) is 15.7. The van der Waals surface area contributed by atoms with E-state index in [0.717, 1.165) is 30.6 Å². The van der Waals surface area contributed by atoms with Gasteiger partial charge in [-0.25, -0.2) is 0 Å². The first-order valence-corrected chi connectivity index (χ1v) is 9.61. The van der Waals surface area contributed by atoms with Crippen molar-refractivity contribution in [2.45, 2.75) is 50.7 Å². The quantitative estimate of drug-likeness (QED) is 0.873. The highest BCUT2D eigenvalue weighted by molar-refractivity contribution is 5.90. The highest BCUT2D eigenvalue weighted by Crippen LogP contribution is 2.52. The first kappa shape index (κ1) is 19.6. The standard InChI is InChI=1S/C20H29N3O2.ClH/c1-13-6-7-18(13)23-11-15-4-3-5-16(12-23)20(15,25-2)14-8-9-22-17(10-14)19(21)24;/h8-10,13,15-16,18H,3-7,11-12H2,1-2H3,(H2,21,24);1H/t13-,15-,16+,18-,20?;/m1./s1.